The highest BCUT2D eigenvalue weighted by molar-refractivity contribution is 5.81. The second kappa shape index (κ2) is 5.49. The first-order valence-corrected chi connectivity index (χ1v) is 6.08. The molecule has 1 heterocycles. The molecule has 1 aliphatic rings. The van der Waals surface area contributed by atoms with E-state index in [1.165, 1.54) is 0 Å². The van der Waals surface area contributed by atoms with Crippen molar-refractivity contribution in [1.82, 2.24) is 4.90 Å². The van der Waals surface area contributed by atoms with E-state index in [-0.39, 0.29) is 17.8 Å². The third kappa shape index (κ3) is 3.43. The summed E-state index contributed by atoms with van der Waals surface area (Å²) < 4.78 is 4.96. The minimum Gasteiger partial charge on any atom is -0.466 e. The second-order valence-electron chi connectivity index (χ2n) is 5.06. The van der Waals surface area contributed by atoms with Gasteiger partial charge in [-0.1, -0.05) is 6.92 Å². The van der Waals surface area contributed by atoms with Crippen LogP contribution in [-0.4, -0.2) is 43.0 Å². The lowest BCUT2D eigenvalue weighted by atomic mass is 9.89. The summed E-state index contributed by atoms with van der Waals surface area (Å²) in [6, 6.07) is 0. The Kier molecular flexibility index (Phi) is 4.51. The van der Waals surface area contributed by atoms with Gasteiger partial charge in [-0.3, -0.25) is 9.59 Å². The summed E-state index contributed by atoms with van der Waals surface area (Å²) in [5.41, 5.74) is 4.93. The van der Waals surface area contributed by atoms with Crippen molar-refractivity contribution in [3.8, 4) is 0 Å². The summed E-state index contributed by atoms with van der Waals surface area (Å²) in [5, 5.41) is 0. The predicted molar refractivity (Wildman–Crippen MR) is 64.2 cm³/mol. The molecule has 0 aromatic carbocycles. The fraction of sp³-hybridized carbons (Fsp3) is 0.833. The van der Waals surface area contributed by atoms with Crippen molar-refractivity contribution in [2.45, 2.75) is 27.2 Å². The van der Waals surface area contributed by atoms with Crippen LogP contribution in [0.15, 0.2) is 0 Å². The van der Waals surface area contributed by atoms with Gasteiger partial charge in [0.2, 0.25) is 5.91 Å². The monoisotopic (exact) mass is 242 g/mol. The van der Waals surface area contributed by atoms with Crippen LogP contribution < -0.4 is 5.73 Å². The van der Waals surface area contributed by atoms with Crippen molar-refractivity contribution in [3.05, 3.63) is 0 Å². The van der Waals surface area contributed by atoms with Gasteiger partial charge in [0.15, 0.2) is 0 Å². The van der Waals surface area contributed by atoms with E-state index in [2.05, 4.69) is 4.90 Å². The molecule has 2 atom stereocenters. The molecule has 2 N–H and O–H groups in total. The summed E-state index contributed by atoms with van der Waals surface area (Å²) in [4.78, 5) is 24.9. The maximum Gasteiger partial charge on any atom is 0.309 e. The summed E-state index contributed by atoms with van der Waals surface area (Å²) in [5.74, 6) is -0.603. The molecule has 0 bridgehead atoms. The normalized spacial score (nSPS) is 26.8. The van der Waals surface area contributed by atoms with Crippen molar-refractivity contribution < 1.29 is 14.3 Å². The van der Waals surface area contributed by atoms with E-state index in [0.29, 0.717) is 19.7 Å². The lowest BCUT2D eigenvalue weighted by Crippen LogP contribution is -2.38. The molecular formula is C12H22N2O3. The van der Waals surface area contributed by atoms with Gasteiger partial charge in [-0.05, 0) is 26.8 Å². The largest absolute Gasteiger partial charge is 0.466 e. The van der Waals surface area contributed by atoms with Crippen LogP contribution in [0.5, 0.6) is 0 Å². The molecule has 2 unspecified atom stereocenters. The quantitative estimate of drug-likeness (QED) is 0.707. The molecule has 98 valence electrons. The average Bonchev–Trinajstić information content (AvgIpc) is 2.62. The zero-order valence-electron chi connectivity index (χ0n) is 10.9. The maximum atomic E-state index is 11.5. The lowest BCUT2D eigenvalue weighted by molar-refractivity contribution is -0.147. The van der Waals surface area contributed by atoms with Crippen molar-refractivity contribution in [1.29, 1.82) is 0 Å². The summed E-state index contributed by atoms with van der Waals surface area (Å²) in [6.45, 7) is 7.99. The van der Waals surface area contributed by atoms with Crippen LogP contribution in [0, 0.1) is 11.3 Å². The van der Waals surface area contributed by atoms with Crippen molar-refractivity contribution in [2.24, 2.45) is 17.1 Å². The van der Waals surface area contributed by atoms with Gasteiger partial charge in [0, 0.05) is 13.1 Å². The number of likely N-dealkylation sites (tertiary alicyclic amines) is 1. The molecule has 0 aromatic heterocycles. The Hall–Kier alpha value is -1.10. The van der Waals surface area contributed by atoms with Gasteiger partial charge in [0.25, 0.3) is 0 Å². The highest BCUT2D eigenvalue weighted by atomic mass is 16.5. The summed E-state index contributed by atoms with van der Waals surface area (Å²) in [7, 11) is 0. The van der Waals surface area contributed by atoms with Crippen molar-refractivity contribution >= 4 is 11.9 Å². The molecule has 0 aliphatic carbocycles. The molecule has 1 amide bonds. The number of rotatable bonds is 5. The molecular weight excluding hydrogens is 220 g/mol. The van der Waals surface area contributed by atoms with Crippen LogP contribution in [0.25, 0.3) is 0 Å². The number of amides is 1. The van der Waals surface area contributed by atoms with Gasteiger partial charge in [0.05, 0.1) is 17.9 Å². The number of esters is 1. The number of primary amides is 1. The second-order valence-corrected chi connectivity index (χ2v) is 5.06. The van der Waals surface area contributed by atoms with Crippen LogP contribution in [0.4, 0.5) is 0 Å². The molecule has 5 heteroatoms. The first-order chi connectivity index (χ1) is 7.89. The van der Waals surface area contributed by atoms with Gasteiger partial charge >= 0.3 is 5.97 Å². The third-order valence-electron chi connectivity index (χ3n) is 3.37. The minimum atomic E-state index is -0.450. The molecule has 1 saturated heterocycles. The van der Waals surface area contributed by atoms with E-state index in [1.54, 1.807) is 6.92 Å². The molecule has 0 spiro atoms. The molecule has 1 fully saturated rings. The first kappa shape index (κ1) is 14.0. The molecule has 1 aliphatic heterocycles. The SMILES string of the molecule is CCOC(=O)C(C)CN1CCC(C)(C(N)=O)C1. The van der Waals surface area contributed by atoms with Gasteiger partial charge in [-0.2, -0.15) is 0 Å². The Bertz CT molecular complexity index is 306. The predicted octanol–water partition coefficient (Wildman–Crippen LogP) is 0.383. The Morgan fingerprint density at radius 2 is 2.18 bits per heavy atom. The molecule has 1 rings (SSSR count). The van der Waals surface area contributed by atoms with Gasteiger partial charge in [-0.15, -0.1) is 0 Å². The Labute approximate surface area is 102 Å². The number of hydrogen-bond donors (Lipinski definition) is 1. The zero-order chi connectivity index (χ0) is 13.1. The summed E-state index contributed by atoms with van der Waals surface area (Å²) >= 11 is 0. The highest BCUT2D eigenvalue weighted by Crippen LogP contribution is 2.29. The topological polar surface area (TPSA) is 72.6 Å². The van der Waals surface area contributed by atoms with Crippen molar-refractivity contribution in [3.63, 3.8) is 0 Å². The fourth-order valence-corrected chi connectivity index (χ4v) is 2.16. The van der Waals surface area contributed by atoms with Gasteiger partial charge in [0.1, 0.15) is 0 Å². The number of nitrogens with zero attached hydrogens (tertiary/aromatic N) is 1. The number of hydrogen-bond acceptors (Lipinski definition) is 4. The minimum absolute atomic E-state index is 0.162. The standard InChI is InChI=1S/C12H22N2O3/c1-4-17-10(15)9(2)7-14-6-5-12(3,8-14)11(13)16/h9H,4-8H2,1-3H3,(H2,13,16). The molecule has 0 saturated carbocycles. The van der Waals surface area contributed by atoms with Crippen LogP contribution in [0.1, 0.15) is 27.2 Å². The molecule has 5 nitrogen and oxygen atoms in total. The number of carbonyl (C=O) groups is 2. The van der Waals surface area contributed by atoms with Crippen LogP contribution in [0.2, 0.25) is 0 Å². The molecule has 17 heavy (non-hydrogen) atoms. The van der Waals surface area contributed by atoms with E-state index in [0.717, 1.165) is 13.0 Å². The number of carbonyl (C=O) groups excluding carboxylic acids is 2. The van der Waals surface area contributed by atoms with E-state index in [9.17, 15) is 9.59 Å². The Balaban J connectivity index is 2.45. The van der Waals surface area contributed by atoms with Crippen LogP contribution in [0.3, 0.4) is 0 Å². The summed E-state index contributed by atoms with van der Waals surface area (Å²) in [6.07, 6.45) is 0.762. The fourth-order valence-electron chi connectivity index (χ4n) is 2.16. The van der Waals surface area contributed by atoms with Crippen LogP contribution >= 0.6 is 0 Å². The Morgan fingerprint density at radius 1 is 1.53 bits per heavy atom. The number of ether oxygens (including phenoxy) is 1. The first-order valence-electron chi connectivity index (χ1n) is 6.08. The Morgan fingerprint density at radius 3 is 2.65 bits per heavy atom. The maximum absolute atomic E-state index is 11.5. The van der Waals surface area contributed by atoms with Crippen molar-refractivity contribution in [2.75, 3.05) is 26.2 Å². The zero-order valence-corrected chi connectivity index (χ0v) is 10.9. The van der Waals surface area contributed by atoms with E-state index < -0.39 is 5.41 Å². The molecule has 0 aromatic rings. The smallest absolute Gasteiger partial charge is 0.309 e. The number of nitrogens with two attached hydrogens (primary N) is 1. The van der Waals surface area contributed by atoms with Crippen LogP contribution in [-0.2, 0) is 14.3 Å². The highest BCUT2D eigenvalue weighted by Gasteiger charge is 2.39. The van der Waals surface area contributed by atoms with Gasteiger partial charge < -0.3 is 15.4 Å². The van der Waals surface area contributed by atoms with E-state index in [1.807, 2.05) is 13.8 Å². The van der Waals surface area contributed by atoms with E-state index in [4.69, 9.17) is 10.5 Å². The lowest BCUT2D eigenvalue weighted by Gasteiger charge is -2.22. The average molecular weight is 242 g/mol. The van der Waals surface area contributed by atoms with Gasteiger partial charge in [-0.25, -0.2) is 0 Å². The molecule has 0 radical (unpaired) electrons. The van der Waals surface area contributed by atoms with E-state index >= 15 is 0 Å². The third-order valence-corrected chi connectivity index (χ3v) is 3.37.